The second-order valence-corrected chi connectivity index (χ2v) is 5.40. The number of nitrogens with zero attached hydrogens (tertiary/aromatic N) is 3. The normalized spacial score (nSPS) is 15.0. The van der Waals surface area contributed by atoms with Gasteiger partial charge in [0.25, 0.3) is 5.56 Å². The largest absolute Gasteiger partial charge is 0.392 e. The second kappa shape index (κ2) is 7.31. The van der Waals surface area contributed by atoms with Crippen molar-refractivity contribution in [1.29, 1.82) is 0 Å². The van der Waals surface area contributed by atoms with E-state index in [1.165, 1.54) is 17.5 Å². The molecular formula is C16H21ClN4O. The van der Waals surface area contributed by atoms with E-state index in [9.17, 15) is 4.79 Å². The minimum Gasteiger partial charge on any atom is -0.392 e. The molecule has 2 aromatic rings. The van der Waals surface area contributed by atoms with Crippen LogP contribution in [-0.2, 0) is 0 Å². The standard InChI is InChI=1S/C16H20N4O.ClH/c17-15-14(19-10-6-1-2-7-11-19)12-18-20(16(15)21)13-8-4-3-5-9-13;/h3-5,8-9,12H,1-2,6-7,10-11,17H2;1H. The molecule has 2 heterocycles. The van der Waals surface area contributed by atoms with Crippen molar-refractivity contribution in [2.75, 3.05) is 23.7 Å². The van der Waals surface area contributed by atoms with Crippen LogP contribution in [0.5, 0.6) is 0 Å². The topological polar surface area (TPSA) is 64.2 Å². The number of aromatic nitrogens is 2. The van der Waals surface area contributed by atoms with E-state index in [4.69, 9.17) is 5.73 Å². The fourth-order valence-electron chi connectivity index (χ4n) is 2.77. The first-order chi connectivity index (χ1) is 10.3. The van der Waals surface area contributed by atoms with Crippen LogP contribution in [-0.4, -0.2) is 22.9 Å². The molecule has 118 valence electrons. The minimum absolute atomic E-state index is 0. The summed E-state index contributed by atoms with van der Waals surface area (Å²) in [4.78, 5) is 14.7. The van der Waals surface area contributed by atoms with E-state index in [0.29, 0.717) is 0 Å². The monoisotopic (exact) mass is 320 g/mol. The molecule has 0 bridgehead atoms. The third-order valence-electron chi connectivity index (χ3n) is 3.94. The predicted molar refractivity (Wildman–Crippen MR) is 92.2 cm³/mol. The summed E-state index contributed by atoms with van der Waals surface area (Å²) >= 11 is 0. The lowest BCUT2D eigenvalue weighted by atomic mass is 10.2. The summed E-state index contributed by atoms with van der Waals surface area (Å²) in [6.07, 6.45) is 6.48. The van der Waals surface area contributed by atoms with Gasteiger partial charge in [0, 0.05) is 13.1 Å². The molecule has 1 aromatic heterocycles. The zero-order valence-corrected chi connectivity index (χ0v) is 13.3. The van der Waals surface area contributed by atoms with E-state index < -0.39 is 0 Å². The van der Waals surface area contributed by atoms with Crippen LogP contribution in [0.2, 0.25) is 0 Å². The molecule has 1 aromatic carbocycles. The highest BCUT2D eigenvalue weighted by molar-refractivity contribution is 5.85. The Morgan fingerprint density at radius 2 is 1.64 bits per heavy atom. The van der Waals surface area contributed by atoms with E-state index in [1.807, 2.05) is 30.3 Å². The molecule has 1 saturated heterocycles. The Morgan fingerprint density at radius 1 is 1.00 bits per heavy atom. The Morgan fingerprint density at radius 3 is 2.27 bits per heavy atom. The Labute approximate surface area is 136 Å². The molecule has 3 rings (SSSR count). The zero-order valence-electron chi connectivity index (χ0n) is 12.4. The highest BCUT2D eigenvalue weighted by Crippen LogP contribution is 2.22. The van der Waals surface area contributed by atoms with Gasteiger partial charge in [-0.15, -0.1) is 12.4 Å². The molecule has 22 heavy (non-hydrogen) atoms. The van der Waals surface area contributed by atoms with Gasteiger partial charge in [-0.25, -0.2) is 0 Å². The van der Waals surface area contributed by atoms with Gasteiger partial charge in [-0.3, -0.25) is 4.79 Å². The molecule has 0 unspecified atom stereocenters. The SMILES string of the molecule is Cl.Nc1c(N2CCCCCC2)cnn(-c2ccccc2)c1=O. The van der Waals surface area contributed by atoms with Crippen LogP contribution >= 0.6 is 12.4 Å². The van der Waals surface area contributed by atoms with Crippen LogP contribution < -0.4 is 16.2 Å². The van der Waals surface area contributed by atoms with Crippen LogP contribution in [0.15, 0.2) is 41.3 Å². The number of anilines is 2. The number of hydrogen-bond donors (Lipinski definition) is 1. The van der Waals surface area contributed by atoms with Gasteiger partial charge in [0.05, 0.1) is 17.6 Å². The average Bonchev–Trinajstić information content (AvgIpc) is 2.80. The van der Waals surface area contributed by atoms with Crippen molar-refractivity contribution in [2.45, 2.75) is 25.7 Å². The molecule has 0 aliphatic carbocycles. The van der Waals surface area contributed by atoms with Crippen LogP contribution in [0.4, 0.5) is 11.4 Å². The van der Waals surface area contributed by atoms with Crippen molar-refractivity contribution < 1.29 is 0 Å². The molecule has 1 fully saturated rings. The molecule has 0 spiro atoms. The minimum atomic E-state index is -0.247. The molecule has 6 heteroatoms. The van der Waals surface area contributed by atoms with E-state index >= 15 is 0 Å². The molecule has 0 radical (unpaired) electrons. The molecule has 1 aliphatic rings. The van der Waals surface area contributed by atoms with Crippen LogP contribution in [0.25, 0.3) is 5.69 Å². The Bertz CT molecular complexity index is 664. The maximum atomic E-state index is 12.5. The van der Waals surface area contributed by atoms with Gasteiger partial charge < -0.3 is 10.6 Å². The van der Waals surface area contributed by atoms with E-state index in [2.05, 4.69) is 10.00 Å². The van der Waals surface area contributed by atoms with Gasteiger partial charge in [0.15, 0.2) is 0 Å². The lowest BCUT2D eigenvalue weighted by molar-refractivity contribution is 0.726. The number of rotatable bonds is 2. The number of nitrogens with two attached hydrogens (primary N) is 1. The summed E-state index contributed by atoms with van der Waals surface area (Å²) in [5.41, 5.74) is 7.63. The fraction of sp³-hybridized carbons (Fsp3) is 0.375. The van der Waals surface area contributed by atoms with Crippen molar-refractivity contribution in [3.8, 4) is 5.69 Å². The summed E-state index contributed by atoms with van der Waals surface area (Å²) in [5.74, 6) is 0. The van der Waals surface area contributed by atoms with Crippen LogP contribution in [0, 0.1) is 0 Å². The number of para-hydroxylation sites is 1. The first-order valence-electron chi connectivity index (χ1n) is 7.45. The number of nitrogen functional groups attached to an aromatic ring is 1. The summed E-state index contributed by atoms with van der Waals surface area (Å²) in [5, 5.41) is 4.30. The number of hydrogen-bond acceptors (Lipinski definition) is 4. The highest BCUT2D eigenvalue weighted by atomic mass is 35.5. The molecule has 0 atom stereocenters. The Balaban J connectivity index is 0.00000176. The predicted octanol–water partition coefficient (Wildman–Crippen LogP) is 2.62. The maximum absolute atomic E-state index is 12.5. The smallest absolute Gasteiger partial charge is 0.296 e. The van der Waals surface area contributed by atoms with Crippen LogP contribution in [0.1, 0.15) is 25.7 Å². The number of benzene rings is 1. The molecule has 2 N–H and O–H groups in total. The van der Waals surface area contributed by atoms with E-state index in [-0.39, 0.29) is 23.7 Å². The number of halogens is 1. The molecular weight excluding hydrogens is 300 g/mol. The molecule has 1 aliphatic heterocycles. The van der Waals surface area contributed by atoms with E-state index in [0.717, 1.165) is 37.3 Å². The quantitative estimate of drug-likeness (QED) is 0.924. The lowest BCUT2D eigenvalue weighted by Crippen LogP contribution is -2.31. The van der Waals surface area contributed by atoms with E-state index in [1.54, 1.807) is 6.20 Å². The van der Waals surface area contributed by atoms with Crippen molar-refractivity contribution >= 4 is 23.8 Å². The zero-order chi connectivity index (χ0) is 14.7. The highest BCUT2D eigenvalue weighted by Gasteiger charge is 2.16. The lowest BCUT2D eigenvalue weighted by Gasteiger charge is -2.23. The van der Waals surface area contributed by atoms with Crippen molar-refractivity contribution in [2.24, 2.45) is 0 Å². The van der Waals surface area contributed by atoms with Gasteiger partial charge >= 0.3 is 0 Å². The van der Waals surface area contributed by atoms with Gasteiger partial charge in [-0.1, -0.05) is 31.0 Å². The van der Waals surface area contributed by atoms with Gasteiger partial charge in [-0.05, 0) is 25.0 Å². The third-order valence-corrected chi connectivity index (χ3v) is 3.94. The molecule has 5 nitrogen and oxygen atoms in total. The second-order valence-electron chi connectivity index (χ2n) is 5.40. The van der Waals surface area contributed by atoms with Crippen LogP contribution in [0.3, 0.4) is 0 Å². The Hall–Kier alpha value is -2.01. The summed E-state index contributed by atoms with van der Waals surface area (Å²) in [6, 6.07) is 9.35. The van der Waals surface area contributed by atoms with Gasteiger partial charge in [-0.2, -0.15) is 9.78 Å². The van der Waals surface area contributed by atoms with Crippen molar-refractivity contribution in [3.63, 3.8) is 0 Å². The average molecular weight is 321 g/mol. The van der Waals surface area contributed by atoms with Gasteiger partial charge in [0.1, 0.15) is 5.69 Å². The molecule has 0 amide bonds. The van der Waals surface area contributed by atoms with Crippen molar-refractivity contribution in [3.05, 3.63) is 46.9 Å². The maximum Gasteiger partial charge on any atom is 0.296 e. The third kappa shape index (κ3) is 3.25. The van der Waals surface area contributed by atoms with Crippen molar-refractivity contribution in [1.82, 2.24) is 9.78 Å². The summed E-state index contributed by atoms with van der Waals surface area (Å²) in [7, 11) is 0. The summed E-state index contributed by atoms with van der Waals surface area (Å²) in [6.45, 7) is 1.89. The molecule has 0 saturated carbocycles. The first-order valence-corrected chi connectivity index (χ1v) is 7.45. The summed E-state index contributed by atoms with van der Waals surface area (Å²) < 4.78 is 1.36. The Kier molecular flexibility index (Phi) is 5.44. The fourth-order valence-corrected chi connectivity index (χ4v) is 2.77. The van der Waals surface area contributed by atoms with Gasteiger partial charge in [0.2, 0.25) is 0 Å². The first kappa shape index (κ1) is 16.4.